The van der Waals surface area contributed by atoms with Crippen molar-refractivity contribution in [2.45, 2.75) is 0 Å². The molecule has 27 heavy (non-hydrogen) atoms. The number of carbonyl (C=O) groups excluding carboxylic acids is 1. The number of hydrogen-bond acceptors (Lipinski definition) is 5. The average molecular weight is 384 g/mol. The van der Waals surface area contributed by atoms with Gasteiger partial charge < -0.3 is 15.0 Å². The highest BCUT2D eigenvalue weighted by atomic mass is 32.1. The summed E-state index contributed by atoms with van der Waals surface area (Å²) in [6.07, 6.45) is 1.64. The lowest BCUT2D eigenvalue weighted by Crippen LogP contribution is -2.13. The molecule has 1 aromatic carbocycles. The van der Waals surface area contributed by atoms with Gasteiger partial charge in [-0.3, -0.25) is 9.59 Å². The number of hydrogen-bond donors (Lipinski definition) is 2. The summed E-state index contributed by atoms with van der Waals surface area (Å²) >= 11 is 1.51. The molecule has 0 aliphatic rings. The van der Waals surface area contributed by atoms with E-state index in [9.17, 15) is 14.0 Å². The van der Waals surface area contributed by atoms with Crippen molar-refractivity contribution in [1.82, 2.24) is 14.6 Å². The maximum Gasteiger partial charge on any atom is 0.276 e. The minimum absolute atomic E-state index is 0.0409. The third-order valence-corrected chi connectivity index (χ3v) is 4.63. The van der Waals surface area contributed by atoms with Crippen molar-refractivity contribution in [2.24, 2.45) is 0 Å². The number of H-pyrrole nitrogens is 1. The smallest absolute Gasteiger partial charge is 0.276 e. The summed E-state index contributed by atoms with van der Waals surface area (Å²) in [7, 11) is 1.36. The van der Waals surface area contributed by atoms with E-state index >= 15 is 0 Å². The number of fused-ring (bicyclic) bond motifs is 1. The molecule has 9 heteroatoms. The number of halogens is 1. The van der Waals surface area contributed by atoms with Crippen LogP contribution in [-0.2, 0) is 0 Å². The molecule has 0 aliphatic heterocycles. The van der Waals surface area contributed by atoms with Crippen molar-refractivity contribution >= 4 is 28.4 Å². The molecule has 136 valence electrons. The number of nitrogens with one attached hydrogen (secondary N) is 2. The Morgan fingerprint density at radius 2 is 2.19 bits per heavy atom. The minimum atomic E-state index is -0.595. The topological polar surface area (TPSA) is 88.5 Å². The molecule has 4 rings (SSSR count). The summed E-state index contributed by atoms with van der Waals surface area (Å²) in [4.78, 5) is 27.5. The molecule has 3 heterocycles. The fourth-order valence-electron chi connectivity index (χ4n) is 2.62. The molecule has 0 radical (unpaired) electrons. The number of thiophene rings is 1. The zero-order valence-corrected chi connectivity index (χ0v) is 14.8. The fourth-order valence-corrected chi connectivity index (χ4v) is 3.27. The Bertz CT molecular complexity index is 1200. The van der Waals surface area contributed by atoms with Gasteiger partial charge in [-0.15, -0.1) is 0 Å². The molecule has 0 atom stereocenters. The van der Waals surface area contributed by atoms with Crippen molar-refractivity contribution in [3.63, 3.8) is 0 Å². The molecular weight excluding hydrogens is 371 g/mol. The summed E-state index contributed by atoms with van der Waals surface area (Å²) in [5, 5.41) is 10.5. The molecule has 0 spiro atoms. The highest BCUT2D eigenvalue weighted by Crippen LogP contribution is 2.22. The number of benzene rings is 1. The van der Waals surface area contributed by atoms with Crippen LogP contribution in [0.25, 0.3) is 16.8 Å². The molecule has 0 aliphatic carbocycles. The Labute approximate surface area is 156 Å². The van der Waals surface area contributed by atoms with Gasteiger partial charge in [0.1, 0.15) is 5.52 Å². The quantitative estimate of drug-likeness (QED) is 0.566. The van der Waals surface area contributed by atoms with Gasteiger partial charge in [0.2, 0.25) is 0 Å². The number of aromatic nitrogens is 3. The number of carbonyl (C=O) groups is 1. The van der Waals surface area contributed by atoms with Crippen LogP contribution >= 0.6 is 11.3 Å². The van der Waals surface area contributed by atoms with Crippen molar-refractivity contribution in [1.29, 1.82) is 0 Å². The number of amides is 1. The predicted octanol–water partition coefficient (Wildman–Crippen LogP) is 3.15. The lowest BCUT2D eigenvalue weighted by molar-refractivity contribution is 0.102. The van der Waals surface area contributed by atoms with E-state index in [0.717, 1.165) is 11.6 Å². The number of anilines is 1. The molecule has 4 aromatic rings. The Morgan fingerprint density at radius 3 is 2.89 bits per heavy atom. The Hall–Kier alpha value is -3.46. The van der Waals surface area contributed by atoms with Crippen molar-refractivity contribution < 1.29 is 13.9 Å². The molecule has 1 amide bonds. The van der Waals surface area contributed by atoms with Crippen molar-refractivity contribution in [3.8, 4) is 17.0 Å². The van der Waals surface area contributed by atoms with Crippen LogP contribution in [0.15, 0.2) is 52.1 Å². The lowest BCUT2D eigenvalue weighted by Gasteiger charge is -2.06. The Kier molecular flexibility index (Phi) is 4.21. The fraction of sp³-hybridized carbons (Fsp3) is 0.0556. The van der Waals surface area contributed by atoms with Gasteiger partial charge in [-0.25, -0.2) is 8.91 Å². The molecule has 7 nitrogen and oxygen atoms in total. The Balaban J connectivity index is 1.65. The van der Waals surface area contributed by atoms with Crippen LogP contribution in [0, 0.1) is 5.82 Å². The van der Waals surface area contributed by atoms with Gasteiger partial charge in [0.15, 0.2) is 17.3 Å². The van der Waals surface area contributed by atoms with Crippen LogP contribution in [0.1, 0.15) is 10.5 Å². The zero-order valence-electron chi connectivity index (χ0n) is 14.0. The van der Waals surface area contributed by atoms with Gasteiger partial charge in [0.05, 0.1) is 19.0 Å². The monoisotopic (exact) mass is 384 g/mol. The van der Waals surface area contributed by atoms with Crippen LogP contribution in [0.4, 0.5) is 10.1 Å². The highest BCUT2D eigenvalue weighted by Gasteiger charge is 2.15. The Morgan fingerprint density at radius 1 is 1.33 bits per heavy atom. The molecule has 0 saturated heterocycles. The van der Waals surface area contributed by atoms with E-state index in [-0.39, 0.29) is 28.2 Å². The van der Waals surface area contributed by atoms with E-state index in [2.05, 4.69) is 15.4 Å². The molecule has 0 unspecified atom stereocenters. The van der Waals surface area contributed by atoms with Gasteiger partial charge in [-0.2, -0.15) is 16.4 Å². The second kappa shape index (κ2) is 6.69. The summed E-state index contributed by atoms with van der Waals surface area (Å²) < 4.78 is 20.0. The molecule has 0 saturated carbocycles. The van der Waals surface area contributed by atoms with E-state index in [1.807, 2.05) is 16.8 Å². The SMILES string of the molecule is COc1ccc(NC(=O)c2cc3c(=O)[nH]c(-c4ccsc4)cn3n2)cc1F. The van der Waals surface area contributed by atoms with E-state index in [1.165, 1.54) is 41.2 Å². The second-order valence-electron chi connectivity index (χ2n) is 5.67. The van der Waals surface area contributed by atoms with Gasteiger partial charge in [-0.1, -0.05) is 0 Å². The first-order chi connectivity index (χ1) is 13.0. The average Bonchev–Trinajstić information content (AvgIpc) is 3.32. The lowest BCUT2D eigenvalue weighted by atomic mass is 10.2. The molecular formula is C18H13FN4O3S. The van der Waals surface area contributed by atoms with Crippen LogP contribution in [0.3, 0.4) is 0 Å². The first kappa shape index (κ1) is 17.0. The third-order valence-electron chi connectivity index (χ3n) is 3.94. The van der Waals surface area contributed by atoms with Gasteiger partial charge >= 0.3 is 0 Å². The van der Waals surface area contributed by atoms with Gasteiger partial charge in [0.25, 0.3) is 11.5 Å². The zero-order chi connectivity index (χ0) is 19.0. The number of ether oxygens (including phenoxy) is 1. The third kappa shape index (κ3) is 3.20. The normalized spacial score (nSPS) is 10.9. The van der Waals surface area contributed by atoms with E-state index in [1.54, 1.807) is 6.20 Å². The molecule has 0 fully saturated rings. The standard InChI is InChI=1S/C18H13FN4O3S/c1-26-16-3-2-11(6-12(16)19)20-17(24)13-7-15-18(25)21-14(8-23(15)22-13)10-4-5-27-9-10/h2-9H,1H3,(H,20,24)(H,21,25). The van der Waals surface area contributed by atoms with Crippen molar-refractivity contribution in [2.75, 3.05) is 12.4 Å². The van der Waals surface area contributed by atoms with E-state index in [0.29, 0.717) is 5.69 Å². The summed E-state index contributed by atoms with van der Waals surface area (Å²) in [6, 6.07) is 7.32. The van der Waals surface area contributed by atoms with E-state index < -0.39 is 11.7 Å². The van der Waals surface area contributed by atoms with E-state index in [4.69, 9.17) is 4.74 Å². The summed E-state index contributed by atoms with van der Waals surface area (Å²) in [6.45, 7) is 0. The number of methoxy groups -OCH3 is 1. The number of rotatable bonds is 4. The number of aromatic amines is 1. The second-order valence-corrected chi connectivity index (χ2v) is 6.45. The van der Waals surface area contributed by atoms with Gasteiger partial charge in [0, 0.05) is 28.8 Å². The molecule has 3 aromatic heterocycles. The largest absolute Gasteiger partial charge is 0.494 e. The predicted molar refractivity (Wildman–Crippen MR) is 100 cm³/mol. The first-order valence-corrected chi connectivity index (χ1v) is 8.79. The summed E-state index contributed by atoms with van der Waals surface area (Å²) in [5.41, 5.74) is 1.62. The number of nitrogens with zero attached hydrogens (tertiary/aromatic N) is 2. The van der Waals surface area contributed by atoms with Crippen molar-refractivity contribution in [3.05, 3.63) is 69.2 Å². The highest BCUT2D eigenvalue weighted by molar-refractivity contribution is 7.08. The van der Waals surface area contributed by atoms with Crippen LogP contribution in [-0.4, -0.2) is 27.6 Å². The molecule has 0 bridgehead atoms. The van der Waals surface area contributed by atoms with Crippen LogP contribution in [0.2, 0.25) is 0 Å². The minimum Gasteiger partial charge on any atom is -0.494 e. The maximum absolute atomic E-state index is 13.8. The first-order valence-electron chi connectivity index (χ1n) is 7.85. The van der Waals surface area contributed by atoms with Crippen LogP contribution in [0.5, 0.6) is 5.75 Å². The van der Waals surface area contributed by atoms with Crippen LogP contribution < -0.4 is 15.6 Å². The molecule has 2 N–H and O–H groups in total. The van der Waals surface area contributed by atoms with Gasteiger partial charge in [-0.05, 0) is 23.6 Å². The maximum atomic E-state index is 13.8. The summed E-state index contributed by atoms with van der Waals surface area (Å²) in [5.74, 6) is -1.07.